The van der Waals surface area contributed by atoms with Crippen molar-refractivity contribution in [1.29, 1.82) is 10.8 Å². The molecule has 3 aliphatic rings. The molecule has 12 heteroatoms. The van der Waals surface area contributed by atoms with Crippen molar-refractivity contribution in [2.45, 2.75) is 30.6 Å². The number of phenolic OH excluding ortho intramolecular Hbond substituents is 1. The van der Waals surface area contributed by atoms with E-state index in [0.29, 0.717) is 0 Å². The van der Waals surface area contributed by atoms with Crippen LogP contribution in [0.2, 0.25) is 0 Å². The molecular weight excluding hydrogens is 448 g/mol. The summed E-state index contributed by atoms with van der Waals surface area (Å²) in [5.74, 6) is -7.89. The molecule has 12 nitrogen and oxygen atoms in total. The lowest BCUT2D eigenvalue weighted by Crippen LogP contribution is -2.65. The van der Waals surface area contributed by atoms with Crippen molar-refractivity contribution in [1.82, 2.24) is 4.90 Å². The highest BCUT2D eigenvalue weighted by atomic mass is 16.3. The van der Waals surface area contributed by atoms with Crippen molar-refractivity contribution in [3.8, 4) is 5.75 Å². The Morgan fingerprint density at radius 3 is 2.26 bits per heavy atom. The predicted octanol–water partition coefficient (Wildman–Crippen LogP) is -0.184. The zero-order valence-electron chi connectivity index (χ0n) is 18.6. The third-order valence-electron chi connectivity index (χ3n) is 7.02. The fraction of sp³-hybridized carbons (Fsp3) is 0.409. The van der Waals surface area contributed by atoms with E-state index >= 15 is 0 Å². The van der Waals surface area contributed by atoms with Gasteiger partial charge in [-0.25, -0.2) is 0 Å². The third kappa shape index (κ3) is 2.95. The average molecular weight is 472 g/mol. The first-order chi connectivity index (χ1) is 15.8. The molecule has 3 aliphatic carbocycles. The molecule has 1 aromatic carbocycles. The molecule has 0 heterocycles. The minimum absolute atomic E-state index is 0.135. The van der Waals surface area contributed by atoms with Gasteiger partial charge in [0.25, 0.3) is 5.91 Å². The van der Waals surface area contributed by atoms with Crippen LogP contribution in [0.15, 0.2) is 40.9 Å². The number of Topliss-reactive ketones (excluding diaryl/α,β-unsaturated/α-hetero) is 2. The summed E-state index contributed by atoms with van der Waals surface area (Å²) in [7, 11) is 3.06. The number of ketones is 2. The number of benzene rings is 1. The van der Waals surface area contributed by atoms with Gasteiger partial charge in [-0.2, -0.15) is 0 Å². The Morgan fingerprint density at radius 1 is 1.15 bits per heavy atom. The van der Waals surface area contributed by atoms with Gasteiger partial charge in [0, 0.05) is 28.2 Å². The quantitative estimate of drug-likeness (QED) is 0.244. The normalized spacial score (nSPS) is 32.4. The number of likely N-dealkylation sites (N-methyl/N-ethyl adjacent to an activating group) is 1. The third-order valence-corrected chi connectivity index (χ3v) is 7.02. The van der Waals surface area contributed by atoms with Crippen LogP contribution in [0, 0.1) is 22.6 Å². The molecule has 4 rings (SSSR count). The first-order valence-electron chi connectivity index (χ1n) is 10.2. The molecule has 1 amide bonds. The minimum atomic E-state index is -2.75. The number of carbonyl (C=O) groups is 3. The van der Waals surface area contributed by atoms with Crippen LogP contribution >= 0.6 is 0 Å². The number of phenols is 1. The molecule has 0 saturated heterocycles. The predicted molar refractivity (Wildman–Crippen MR) is 113 cm³/mol. The van der Waals surface area contributed by atoms with Gasteiger partial charge in [-0.3, -0.25) is 19.3 Å². The van der Waals surface area contributed by atoms with Gasteiger partial charge in [0.05, 0.1) is 17.2 Å². The van der Waals surface area contributed by atoms with E-state index in [1.807, 2.05) is 0 Å². The van der Waals surface area contributed by atoms with Crippen LogP contribution < -0.4 is 5.73 Å². The topological polar surface area (TPSA) is 229 Å². The Hall–Kier alpha value is -3.79. The first kappa shape index (κ1) is 24.8. The minimum Gasteiger partial charge on any atom is -0.510 e. The molecule has 0 bridgehead atoms. The summed E-state index contributed by atoms with van der Waals surface area (Å²) in [6, 6.07) is 3.05. The maximum atomic E-state index is 13.3. The van der Waals surface area contributed by atoms with E-state index in [-0.39, 0.29) is 17.5 Å². The fourth-order valence-corrected chi connectivity index (χ4v) is 5.51. The maximum absolute atomic E-state index is 13.3. The summed E-state index contributed by atoms with van der Waals surface area (Å²) in [5.41, 5.74) is -0.654. The van der Waals surface area contributed by atoms with Crippen molar-refractivity contribution >= 4 is 17.5 Å². The van der Waals surface area contributed by atoms with E-state index in [1.165, 1.54) is 44.1 Å². The Kier molecular flexibility index (Phi) is 5.78. The van der Waals surface area contributed by atoms with Crippen LogP contribution in [0.5, 0.6) is 5.75 Å². The van der Waals surface area contributed by atoms with E-state index < -0.39 is 75.0 Å². The Morgan fingerprint density at radius 2 is 1.74 bits per heavy atom. The number of hydrogen-bond acceptors (Lipinski definition) is 11. The summed E-state index contributed by atoms with van der Waals surface area (Å²) in [6.07, 6.45) is -0.200. The number of nitrogens with two attached hydrogens (primary N) is 1. The summed E-state index contributed by atoms with van der Waals surface area (Å²) in [5, 5.41) is 67.0. The highest BCUT2D eigenvalue weighted by Gasteiger charge is 2.65. The van der Waals surface area contributed by atoms with E-state index in [2.05, 4.69) is 0 Å². The molecule has 0 saturated carbocycles. The number of carbonyl (C=O) groups excluding carboxylic acids is 3. The van der Waals surface area contributed by atoms with E-state index in [1.54, 1.807) is 0 Å². The molecule has 0 aromatic heterocycles. The van der Waals surface area contributed by atoms with Crippen LogP contribution in [0.25, 0.3) is 0 Å². The number of fused-ring (bicyclic) bond motifs is 3. The number of hydrogen-bond donors (Lipinski definition) is 6. The number of aromatic hydroxyl groups is 1. The number of nitrogens with zero attached hydrogens (tertiary/aromatic N) is 3. The fourth-order valence-electron chi connectivity index (χ4n) is 5.51. The zero-order valence-corrected chi connectivity index (χ0v) is 18.6. The molecule has 0 radical (unpaired) electrons. The molecule has 5 atom stereocenters. The number of aliphatic hydroxyl groups is 4. The van der Waals surface area contributed by atoms with E-state index in [0.717, 1.165) is 0 Å². The van der Waals surface area contributed by atoms with Crippen LogP contribution in [-0.4, -0.2) is 73.6 Å². The van der Waals surface area contributed by atoms with Gasteiger partial charge >= 0.3 is 0 Å². The van der Waals surface area contributed by atoms with Crippen LogP contribution in [0.4, 0.5) is 0 Å². The molecule has 180 valence electrons. The summed E-state index contributed by atoms with van der Waals surface area (Å²) < 4.78 is 0. The summed E-state index contributed by atoms with van der Waals surface area (Å²) in [6.45, 7) is 1.40. The highest BCUT2D eigenvalue weighted by Crippen LogP contribution is 2.56. The number of primary amides is 1. The Labute approximate surface area is 193 Å². The van der Waals surface area contributed by atoms with Crippen molar-refractivity contribution in [3.63, 3.8) is 0 Å². The molecule has 0 fully saturated rings. The lowest BCUT2D eigenvalue weighted by Gasteiger charge is -2.52. The Balaban J connectivity index is 0.00000158. The van der Waals surface area contributed by atoms with Gasteiger partial charge in [0.1, 0.15) is 22.8 Å². The van der Waals surface area contributed by atoms with Gasteiger partial charge in [-0.15, -0.1) is 0 Å². The average Bonchev–Trinajstić information content (AvgIpc) is 2.75. The monoisotopic (exact) mass is 472 g/mol. The molecule has 0 unspecified atom stereocenters. The van der Waals surface area contributed by atoms with Crippen LogP contribution in [0.3, 0.4) is 0 Å². The first-order valence-corrected chi connectivity index (χ1v) is 10.2. The summed E-state index contributed by atoms with van der Waals surface area (Å²) >= 11 is 0. The molecule has 1 aromatic rings. The standard InChI is InChI=1S/C22H24N2O8.N2/c1-21(31)8-5-4-6-11(25)12(8)16(26)13-9(21)7-10-15(24(2)3)17(27)14(20(23)30)19(29)22(10,32)18(13)28;1-2/h4-6,9-10,15,25,27-28,31-32H,7H2,1-3H3,(H2,23,30);/t9-,10-,15-,21+,22-;/m0./s1. The summed E-state index contributed by atoms with van der Waals surface area (Å²) in [4.78, 5) is 39.9. The van der Waals surface area contributed by atoms with Gasteiger partial charge in [0.2, 0.25) is 5.78 Å². The number of aliphatic hydroxyl groups excluding tert-OH is 2. The number of amides is 1. The van der Waals surface area contributed by atoms with Crippen LogP contribution in [-0.2, 0) is 15.2 Å². The van der Waals surface area contributed by atoms with Gasteiger partial charge in [-0.1, -0.05) is 12.1 Å². The Bertz CT molecular complexity index is 1200. The van der Waals surface area contributed by atoms with Gasteiger partial charge in [-0.05, 0) is 39.1 Å². The van der Waals surface area contributed by atoms with Crippen molar-refractivity contribution < 1.29 is 39.9 Å². The SMILES string of the molecule is CN(C)[C@@H]1C(O)=C(C(N)=O)C(=O)[C@@]2(O)C(O)=C3C(=O)c4c(O)cccc4[C@@](C)(O)[C@H]3C[C@@H]12.N#N. The maximum Gasteiger partial charge on any atom is 0.255 e. The van der Waals surface area contributed by atoms with Crippen molar-refractivity contribution in [2.75, 3.05) is 14.1 Å². The largest absolute Gasteiger partial charge is 0.510 e. The smallest absolute Gasteiger partial charge is 0.255 e. The van der Waals surface area contributed by atoms with Gasteiger partial charge in [0.15, 0.2) is 11.4 Å². The van der Waals surface area contributed by atoms with Gasteiger partial charge < -0.3 is 31.3 Å². The van der Waals surface area contributed by atoms with Crippen LogP contribution in [0.1, 0.15) is 29.3 Å². The molecule has 7 N–H and O–H groups in total. The second-order valence-corrected chi connectivity index (χ2v) is 8.96. The molecular formula is C22H24N4O8. The number of rotatable bonds is 2. The van der Waals surface area contributed by atoms with E-state index in [9.17, 15) is 39.9 Å². The highest BCUT2D eigenvalue weighted by molar-refractivity contribution is 6.24. The second-order valence-electron chi connectivity index (χ2n) is 8.96. The van der Waals surface area contributed by atoms with Crippen molar-refractivity contribution in [3.05, 3.63) is 52.0 Å². The van der Waals surface area contributed by atoms with Crippen molar-refractivity contribution in [2.24, 2.45) is 17.6 Å². The molecule has 34 heavy (non-hydrogen) atoms. The molecule has 0 aliphatic heterocycles. The second kappa shape index (κ2) is 7.91. The molecule has 0 spiro atoms. The van der Waals surface area contributed by atoms with E-state index in [4.69, 9.17) is 16.5 Å². The lowest BCUT2D eigenvalue weighted by molar-refractivity contribution is -0.151. The zero-order chi connectivity index (χ0) is 25.9. The lowest BCUT2D eigenvalue weighted by atomic mass is 9.55.